The van der Waals surface area contributed by atoms with Crippen molar-refractivity contribution in [1.82, 2.24) is 14.9 Å². The van der Waals surface area contributed by atoms with Gasteiger partial charge in [0.2, 0.25) is 0 Å². The van der Waals surface area contributed by atoms with Crippen LogP contribution in [-0.4, -0.2) is 16.1 Å². The summed E-state index contributed by atoms with van der Waals surface area (Å²) in [4.78, 5) is 4.18. The number of hydrogen-bond donors (Lipinski definition) is 1. The summed E-state index contributed by atoms with van der Waals surface area (Å²) in [5.74, 6) is 0.956. The zero-order valence-electron chi connectivity index (χ0n) is 8.84. The lowest BCUT2D eigenvalue weighted by atomic mass is 10.3. The fourth-order valence-corrected chi connectivity index (χ4v) is 1.20. The molecular formula is C10H16ClN3. The van der Waals surface area contributed by atoms with Gasteiger partial charge in [0.25, 0.3) is 0 Å². The van der Waals surface area contributed by atoms with Crippen molar-refractivity contribution in [3.8, 4) is 0 Å². The summed E-state index contributed by atoms with van der Waals surface area (Å²) in [6.07, 6.45) is 3.81. The average molecular weight is 214 g/mol. The summed E-state index contributed by atoms with van der Waals surface area (Å²) < 4.78 is 1.87. The predicted octanol–water partition coefficient (Wildman–Crippen LogP) is 2.13. The van der Waals surface area contributed by atoms with Crippen molar-refractivity contribution >= 4 is 11.6 Å². The largest absolute Gasteiger partial charge is 0.321 e. The van der Waals surface area contributed by atoms with Crippen molar-refractivity contribution in [2.75, 3.05) is 6.54 Å². The minimum atomic E-state index is 0.670. The third-order valence-corrected chi connectivity index (χ3v) is 2.32. The number of halogens is 1. The van der Waals surface area contributed by atoms with E-state index < -0.39 is 0 Å². The Balaban J connectivity index is 2.39. The van der Waals surface area contributed by atoms with E-state index in [2.05, 4.69) is 30.2 Å². The molecule has 1 aromatic rings. The second kappa shape index (κ2) is 5.17. The normalized spacial score (nSPS) is 10.3. The maximum Gasteiger partial charge on any atom is 0.128 e. The van der Waals surface area contributed by atoms with Gasteiger partial charge < -0.3 is 9.88 Å². The molecule has 0 aliphatic rings. The Labute approximate surface area is 89.8 Å². The molecule has 14 heavy (non-hydrogen) atoms. The molecule has 1 N–H and O–H groups in total. The number of aromatic nitrogens is 2. The number of imidazole rings is 1. The summed E-state index contributed by atoms with van der Waals surface area (Å²) in [5, 5.41) is 3.94. The highest BCUT2D eigenvalue weighted by molar-refractivity contribution is 6.29. The number of nitrogens with one attached hydrogen (secondary N) is 1. The van der Waals surface area contributed by atoms with E-state index in [0.717, 1.165) is 18.9 Å². The molecule has 0 amide bonds. The summed E-state index contributed by atoms with van der Waals surface area (Å²) in [6.45, 7) is 5.78. The van der Waals surface area contributed by atoms with Crippen molar-refractivity contribution in [3.63, 3.8) is 0 Å². The van der Waals surface area contributed by atoms with Crippen LogP contribution in [0.25, 0.3) is 0 Å². The second-order valence-corrected chi connectivity index (χ2v) is 3.86. The van der Waals surface area contributed by atoms with Crippen LogP contribution >= 0.6 is 11.6 Å². The van der Waals surface area contributed by atoms with E-state index in [-0.39, 0.29) is 0 Å². The highest BCUT2D eigenvalue weighted by atomic mass is 35.5. The average Bonchev–Trinajstić information content (AvgIpc) is 2.43. The second-order valence-electron chi connectivity index (χ2n) is 3.47. The first-order chi connectivity index (χ1) is 6.61. The van der Waals surface area contributed by atoms with E-state index >= 15 is 0 Å². The lowest BCUT2D eigenvalue weighted by molar-refractivity contribution is 0.679. The molecule has 0 atom stereocenters. The first-order valence-corrected chi connectivity index (χ1v) is 4.99. The van der Waals surface area contributed by atoms with Gasteiger partial charge in [0.15, 0.2) is 0 Å². The van der Waals surface area contributed by atoms with Gasteiger partial charge in [0, 0.05) is 13.6 Å². The Morgan fingerprint density at radius 1 is 1.64 bits per heavy atom. The Hall–Kier alpha value is -0.800. The van der Waals surface area contributed by atoms with Crippen LogP contribution in [0.4, 0.5) is 0 Å². The SMILES string of the molecule is CC(C)=CCNCc1ncc(Cl)n1C. The van der Waals surface area contributed by atoms with Crippen molar-refractivity contribution in [1.29, 1.82) is 0 Å². The first kappa shape index (κ1) is 11.3. The number of rotatable bonds is 4. The van der Waals surface area contributed by atoms with Gasteiger partial charge in [-0.25, -0.2) is 4.98 Å². The van der Waals surface area contributed by atoms with E-state index in [0.29, 0.717) is 5.15 Å². The number of hydrogen-bond acceptors (Lipinski definition) is 2. The third-order valence-electron chi connectivity index (χ3n) is 1.97. The van der Waals surface area contributed by atoms with Gasteiger partial charge in [-0.1, -0.05) is 23.3 Å². The van der Waals surface area contributed by atoms with E-state index in [9.17, 15) is 0 Å². The zero-order valence-corrected chi connectivity index (χ0v) is 9.60. The Morgan fingerprint density at radius 3 is 2.86 bits per heavy atom. The van der Waals surface area contributed by atoms with Crippen LogP contribution in [0.2, 0.25) is 5.15 Å². The fourth-order valence-electron chi connectivity index (χ4n) is 1.05. The van der Waals surface area contributed by atoms with Crippen LogP contribution in [0, 0.1) is 0 Å². The van der Waals surface area contributed by atoms with Crippen molar-refractivity contribution in [3.05, 3.63) is 28.8 Å². The molecule has 0 aromatic carbocycles. The molecule has 3 nitrogen and oxygen atoms in total. The van der Waals surface area contributed by atoms with Crippen LogP contribution < -0.4 is 5.32 Å². The van der Waals surface area contributed by atoms with Crippen LogP contribution in [0.15, 0.2) is 17.8 Å². The quantitative estimate of drug-likeness (QED) is 0.614. The van der Waals surface area contributed by atoms with E-state index in [1.54, 1.807) is 6.20 Å². The van der Waals surface area contributed by atoms with Crippen LogP contribution in [0.1, 0.15) is 19.7 Å². The molecule has 0 spiro atoms. The van der Waals surface area contributed by atoms with Crippen LogP contribution in [0.5, 0.6) is 0 Å². The predicted molar refractivity (Wildman–Crippen MR) is 59.4 cm³/mol. The van der Waals surface area contributed by atoms with Crippen LogP contribution in [0.3, 0.4) is 0 Å². The molecular weight excluding hydrogens is 198 g/mol. The van der Waals surface area contributed by atoms with Gasteiger partial charge in [-0.15, -0.1) is 0 Å². The van der Waals surface area contributed by atoms with E-state index in [1.165, 1.54) is 5.57 Å². The highest BCUT2D eigenvalue weighted by Crippen LogP contribution is 2.08. The fraction of sp³-hybridized carbons (Fsp3) is 0.500. The summed E-state index contributed by atoms with van der Waals surface area (Å²) >= 11 is 5.85. The van der Waals surface area contributed by atoms with Gasteiger partial charge in [0.1, 0.15) is 11.0 Å². The molecule has 1 aromatic heterocycles. The molecule has 0 unspecified atom stereocenters. The molecule has 1 rings (SSSR count). The summed E-state index contributed by atoms with van der Waals surface area (Å²) in [7, 11) is 1.91. The van der Waals surface area contributed by atoms with Gasteiger partial charge in [-0.3, -0.25) is 0 Å². The smallest absolute Gasteiger partial charge is 0.128 e. The molecule has 0 saturated carbocycles. The van der Waals surface area contributed by atoms with Gasteiger partial charge in [-0.2, -0.15) is 0 Å². The molecule has 0 saturated heterocycles. The van der Waals surface area contributed by atoms with Gasteiger partial charge in [-0.05, 0) is 13.8 Å². The molecule has 0 fully saturated rings. The number of nitrogens with zero attached hydrogens (tertiary/aromatic N) is 2. The van der Waals surface area contributed by atoms with Gasteiger partial charge >= 0.3 is 0 Å². The highest BCUT2D eigenvalue weighted by Gasteiger charge is 2.02. The first-order valence-electron chi connectivity index (χ1n) is 4.61. The van der Waals surface area contributed by atoms with Crippen molar-refractivity contribution in [2.24, 2.45) is 7.05 Å². The molecule has 78 valence electrons. The Bertz CT molecular complexity index is 324. The zero-order chi connectivity index (χ0) is 10.6. The Kier molecular flexibility index (Phi) is 4.17. The molecule has 0 aliphatic heterocycles. The standard InChI is InChI=1S/C10H16ClN3/c1-8(2)4-5-12-7-10-13-6-9(11)14(10)3/h4,6,12H,5,7H2,1-3H3. The molecule has 4 heteroatoms. The topological polar surface area (TPSA) is 29.9 Å². The number of allylic oxidation sites excluding steroid dienone is 1. The lowest BCUT2D eigenvalue weighted by Crippen LogP contribution is -2.16. The summed E-state index contributed by atoms with van der Waals surface area (Å²) in [5.41, 5.74) is 1.32. The maximum absolute atomic E-state index is 5.85. The minimum Gasteiger partial charge on any atom is -0.321 e. The monoisotopic (exact) mass is 213 g/mol. The maximum atomic E-state index is 5.85. The molecule has 0 radical (unpaired) electrons. The minimum absolute atomic E-state index is 0.670. The van der Waals surface area contributed by atoms with Gasteiger partial charge in [0.05, 0.1) is 12.7 Å². The van der Waals surface area contributed by atoms with E-state index in [1.807, 2.05) is 11.6 Å². The molecule has 0 aliphatic carbocycles. The van der Waals surface area contributed by atoms with Crippen LogP contribution in [-0.2, 0) is 13.6 Å². The van der Waals surface area contributed by atoms with Crippen molar-refractivity contribution < 1.29 is 0 Å². The lowest BCUT2D eigenvalue weighted by Gasteiger charge is -2.02. The Morgan fingerprint density at radius 2 is 2.36 bits per heavy atom. The molecule has 0 bridgehead atoms. The third kappa shape index (κ3) is 3.16. The van der Waals surface area contributed by atoms with Crippen molar-refractivity contribution in [2.45, 2.75) is 20.4 Å². The summed E-state index contributed by atoms with van der Waals surface area (Å²) in [6, 6.07) is 0. The molecule has 1 heterocycles. The van der Waals surface area contributed by atoms with E-state index in [4.69, 9.17) is 11.6 Å².